The van der Waals surface area contributed by atoms with E-state index in [1.165, 1.54) is 10.8 Å². The van der Waals surface area contributed by atoms with Gasteiger partial charge in [-0.15, -0.1) is 5.43 Å². The summed E-state index contributed by atoms with van der Waals surface area (Å²) in [4.78, 5) is 35.6. The van der Waals surface area contributed by atoms with E-state index in [0.29, 0.717) is 39.6 Å². The van der Waals surface area contributed by atoms with E-state index in [1.807, 2.05) is 6.07 Å². The molecule has 35 heavy (non-hydrogen) atoms. The van der Waals surface area contributed by atoms with Crippen LogP contribution in [0.2, 0.25) is 0 Å². The quantitative estimate of drug-likeness (QED) is 0.272. The van der Waals surface area contributed by atoms with Crippen LogP contribution in [0.4, 0.5) is 23.0 Å². The molecule has 2 unspecified atom stereocenters. The van der Waals surface area contributed by atoms with Crippen LogP contribution in [0.5, 0.6) is 0 Å². The molecule has 0 bridgehead atoms. The fourth-order valence-corrected chi connectivity index (χ4v) is 4.70. The van der Waals surface area contributed by atoms with Crippen molar-refractivity contribution in [1.29, 1.82) is 0 Å². The topological polar surface area (TPSA) is 130 Å². The van der Waals surface area contributed by atoms with Crippen LogP contribution in [0.25, 0.3) is 11.5 Å². The molecule has 1 saturated heterocycles. The molecule has 0 aromatic carbocycles. The predicted molar refractivity (Wildman–Crippen MR) is 128 cm³/mol. The average molecular weight is 475 g/mol. The van der Waals surface area contributed by atoms with Crippen molar-refractivity contribution >= 4 is 28.7 Å². The van der Waals surface area contributed by atoms with Crippen LogP contribution in [0, 0.1) is 10.8 Å². The molecule has 12 heteroatoms. The molecule has 1 saturated carbocycles. The third kappa shape index (κ3) is 3.67. The van der Waals surface area contributed by atoms with Gasteiger partial charge in [0, 0.05) is 32.1 Å². The van der Waals surface area contributed by atoms with Gasteiger partial charge in [0.15, 0.2) is 4.87 Å². The molecule has 3 atom stereocenters. The highest BCUT2D eigenvalue weighted by Crippen LogP contribution is 2.39. The van der Waals surface area contributed by atoms with E-state index in [9.17, 15) is 9.70 Å². The lowest BCUT2D eigenvalue weighted by molar-refractivity contribution is -0.540. The third-order valence-electron chi connectivity index (χ3n) is 6.53. The highest BCUT2D eigenvalue weighted by molar-refractivity contribution is 5.68. The minimum absolute atomic E-state index is 0.0330. The number of nitrogens with one attached hydrogen (secondary N) is 3. The molecule has 5 heterocycles. The number of nitroso groups, excluding NO2 is 1. The zero-order valence-corrected chi connectivity index (χ0v) is 19.0. The van der Waals surface area contributed by atoms with Crippen molar-refractivity contribution in [3.63, 3.8) is 0 Å². The van der Waals surface area contributed by atoms with Gasteiger partial charge < -0.3 is 15.4 Å². The molecule has 4 aromatic heterocycles. The summed E-state index contributed by atoms with van der Waals surface area (Å²) in [6.07, 6.45) is 6.77. The van der Waals surface area contributed by atoms with Gasteiger partial charge in [-0.25, -0.2) is 9.97 Å². The maximum absolute atomic E-state index is 13.1. The number of hydrazine groups is 1. The summed E-state index contributed by atoms with van der Waals surface area (Å²) in [6, 6.07) is 10.5. The van der Waals surface area contributed by atoms with Crippen molar-refractivity contribution in [2.75, 3.05) is 24.3 Å². The fraction of sp³-hybridized carbons (Fsp3) is 0.304. The molecular weight excluding hydrogens is 450 g/mol. The van der Waals surface area contributed by atoms with Gasteiger partial charge in [-0.1, -0.05) is 6.07 Å². The van der Waals surface area contributed by atoms with Crippen LogP contribution >= 0.6 is 0 Å². The molecule has 0 amide bonds. The second kappa shape index (κ2) is 8.47. The molecule has 178 valence electrons. The number of rotatable bonds is 7. The van der Waals surface area contributed by atoms with Crippen molar-refractivity contribution < 1.29 is 9.61 Å². The van der Waals surface area contributed by atoms with E-state index in [1.54, 1.807) is 54.3 Å². The molecule has 4 aromatic rings. The standard InChI is InChI=1S/C23H24N9O3/c1-24-20-12-18(27-15-5-4-9-30(23(15)33)19-6-2-3-8-25-19)28-22-17(13-26-31(20)22)32(34)29-16-11-14-7-10-35-21(14)16/h2-6,8-9,12-14,16,21,24H,7,10-11H2,1H3,(H,27,28)(H,29,34)/q+1/t14-,16?,21?/m0/s1. The van der Waals surface area contributed by atoms with Crippen LogP contribution in [-0.4, -0.2) is 54.8 Å². The number of pyridine rings is 2. The second-order valence-corrected chi connectivity index (χ2v) is 8.60. The summed E-state index contributed by atoms with van der Waals surface area (Å²) in [5, 5.41) is 10.5. The van der Waals surface area contributed by atoms with Crippen LogP contribution in [-0.2, 0) is 4.74 Å². The summed E-state index contributed by atoms with van der Waals surface area (Å²) >= 11 is 0. The van der Waals surface area contributed by atoms with Gasteiger partial charge in [0.05, 0.1) is 11.0 Å². The van der Waals surface area contributed by atoms with E-state index >= 15 is 0 Å². The molecule has 1 aliphatic heterocycles. The van der Waals surface area contributed by atoms with Crippen molar-refractivity contribution in [1.82, 2.24) is 29.6 Å². The summed E-state index contributed by atoms with van der Waals surface area (Å²) in [6.45, 7) is 0.743. The molecule has 6 rings (SSSR count). The molecule has 1 aliphatic carbocycles. The van der Waals surface area contributed by atoms with Gasteiger partial charge in [0.2, 0.25) is 5.65 Å². The van der Waals surface area contributed by atoms with Gasteiger partial charge >= 0.3 is 5.69 Å². The predicted octanol–water partition coefficient (Wildman–Crippen LogP) is 2.15. The number of ether oxygens (including phenoxy) is 1. The Morgan fingerprint density at radius 3 is 2.94 bits per heavy atom. The van der Waals surface area contributed by atoms with Gasteiger partial charge in [-0.2, -0.15) is 9.61 Å². The number of aromatic nitrogens is 5. The summed E-state index contributed by atoms with van der Waals surface area (Å²) in [7, 11) is 1.75. The van der Waals surface area contributed by atoms with Crippen molar-refractivity contribution in [2.24, 2.45) is 5.92 Å². The highest BCUT2D eigenvalue weighted by Gasteiger charge is 2.48. The van der Waals surface area contributed by atoms with E-state index in [2.05, 4.69) is 31.1 Å². The maximum Gasteiger partial charge on any atom is 0.356 e. The Bertz CT molecular complexity index is 1470. The van der Waals surface area contributed by atoms with E-state index < -0.39 is 0 Å². The van der Waals surface area contributed by atoms with Gasteiger partial charge in [0.25, 0.3) is 5.56 Å². The normalized spacial score (nSPS) is 20.8. The number of hydrogen-bond acceptors (Lipinski definition) is 8. The summed E-state index contributed by atoms with van der Waals surface area (Å²) < 4.78 is 8.71. The van der Waals surface area contributed by atoms with Crippen molar-refractivity contribution in [3.8, 4) is 5.82 Å². The van der Waals surface area contributed by atoms with Crippen LogP contribution in [0.15, 0.2) is 59.8 Å². The summed E-state index contributed by atoms with van der Waals surface area (Å²) in [5.41, 5.74) is 3.62. The first kappa shape index (κ1) is 21.2. The van der Waals surface area contributed by atoms with E-state index in [4.69, 9.17) is 4.74 Å². The number of fused-ring (bicyclic) bond motifs is 2. The Balaban J connectivity index is 1.31. The van der Waals surface area contributed by atoms with Gasteiger partial charge in [0.1, 0.15) is 35.4 Å². The number of hydrogen-bond donors (Lipinski definition) is 3. The fourth-order valence-electron chi connectivity index (χ4n) is 4.70. The molecule has 0 radical (unpaired) electrons. The molecule has 2 fully saturated rings. The zero-order chi connectivity index (χ0) is 23.9. The SMILES string of the molecule is CNc1cc(Nc2cccn(-c3ccccn3)c2=O)nc2c([N+](=O)NC3C[C@@H]4CCOC34)cnn12. The number of anilines is 3. The molecule has 2 aliphatic rings. The van der Waals surface area contributed by atoms with Gasteiger partial charge in [-0.05, 0) is 43.0 Å². The lowest BCUT2D eigenvalue weighted by Crippen LogP contribution is -2.54. The van der Waals surface area contributed by atoms with Crippen molar-refractivity contribution in [2.45, 2.75) is 25.0 Å². The van der Waals surface area contributed by atoms with Crippen LogP contribution in [0.1, 0.15) is 12.8 Å². The first-order chi connectivity index (χ1) is 17.1. The lowest BCUT2D eigenvalue weighted by atomic mass is 9.77. The summed E-state index contributed by atoms with van der Waals surface area (Å²) in [5.74, 6) is 2.02. The largest absolute Gasteiger partial charge is 0.376 e. The first-order valence-corrected chi connectivity index (χ1v) is 11.4. The minimum atomic E-state index is -0.282. The maximum atomic E-state index is 13.1. The molecule has 12 nitrogen and oxygen atoms in total. The van der Waals surface area contributed by atoms with E-state index in [0.717, 1.165) is 19.4 Å². The minimum Gasteiger partial charge on any atom is -0.376 e. The Hall–Kier alpha value is -4.32. The average Bonchev–Trinajstić information content (AvgIpc) is 3.47. The Morgan fingerprint density at radius 1 is 1.23 bits per heavy atom. The third-order valence-corrected chi connectivity index (χ3v) is 6.53. The Kier molecular flexibility index (Phi) is 5.14. The Morgan fingerprint density at radius 2 is 2.14 bits per heavy atom. The molecular formula is C23H24N9O3+. The van der Waals surface area contributed by atoms with Crippen molar-refractivity contribution in [3.05, 3.63) is 70.2 Å². The smallest absolute Gasteiger partial charge is 0.356 e. The van der Waals surface area contributed by atoms with Crippen LogP contribution < -0.4 is 21.6 Å². The highest BCUT2D eigenvalue weighted by atomic mass is 16.5. The van der Waals surface area contributed by atoms with Gasteiger partial charge in [-0.3, -0.25) is 9.36 Å². The van der Waals surface area contributed by atoms with E-state index in [-0.39, 0.29) is 23.4 Å². The van der Waals surface area contributed by atoms with Crippen LogP contribution in [0.3, 0.4) is 0 Å². The molecule has 0 spiro atoms. The second-order valence-electron chi connectivity index (χ2n) is 8.60. The lowest BCUT2D eigenvalue weighted by Gasteiger charge is -2.35. The first-order valence-electron chi connectivity index (χ1n) is 11.4. The molecule has 3 N–H and O–H groups in total. The Labute approximate surface area is 199 Å². The zero-order valence-electron chi connectivity index (χ0n) is 19.0. The number of nitrogens with zero attached hydrogens (tertiary/aromatic N) is 6. The monoisotopic (exact) mass is 474 g/mol.